The van der Waals surface area contributed by atoms with Crippen LogP contribution in [0, 0.1) is 0 Å². The molecule has 4 rings (SSSR count). The summed E-state index contributed by atoms with van der Waals surface area (Å²) in [5.41, 5.74) is 4.43. The average Bonchev–Trinajstić information content (AvgIpc) is 3.23. The summed E-state index contributed by atoms with van der Waals surface area (Å²) in [4.78, 5) is 13.7. The smallest absolute Gasteiger partial charge is 0.166 e. The Hall–Kier alpha value is -2.44. The van der Waals surface area contributed by atoms with Crippen LogP contribution in [0.3, 0.4) is 0 Å². The summed E-state index contributed by atoms with van der Waals surface area (Å²) in [7, 11) is 1.73. The molecule has 2 aromatic carbocycles. The van der Waals surface area contributed by atoms with Crippen molar-refractivity contribution >= 4 is 34.6 Å². The molecule has 6 heteroatoms. The van der Waals surface area contributed by atoms with E-state index < -0.39 is 0 Å². The summed E-state index contributed by atoms with van der Waals surface area (Å²) in [6, 6.07) is 20.9. The number of hydrogen-bond acceptors (Lipinski definition) is 5. The van der Waals surface area contributed by atoms with Gasteiger partial charge in [-0.05, 0) is 48.8 Å². The van der Waals surface area contributed by atoms with E-state index in [0.717, 1.165) is 39.8 Å². The summed E-state index contributed by atoms with van der Waals surface area (Å²) >= 11 is 3.51. The number of methoxy groups -OCH3 is 1. The van der Waals surface area contributed by atoms with E-state index in [1.165, 1.54) is 29.7 Å². The Bertz CT molecular complexity index is 1070. The van der Waals surface area contributed by atoms with Gasteiger partial charge in [0, 0.05) is 11.9 Å². The van der Waals surface area contributed by atoms with Crippen molar-refractivity contribution in [3.8, 4) is 5.75 Å². The Balaban J connectivity index is 1.28. The van der Waals surface area contributed by atoms with E-state index in [-0.39, 0.29) is 0 Å². The first-order valence-electron chi connectivity index (χ1n) is 10.6. The SMILES string of the molecule is COc1c(SCCCCCc2ccccc2)ccnc1CSc1nc2ccccc2[nH]1. The molecule has 31 heavy (non-hydrogen) atoms. The number of thioether (sulfide) groups is 2. The highest BCUT2D eigenvalue weighted by atomic mass is 32.2. The van der Waals surface area contributed by atoms with Crippen molar-refractivity contribution in [3.63, 3.8) is 0 Å². The zero-order valence-corrected chi connectivity index (χ0v) is 19.3. The molecule has 0 aliphatic heterocycles. The van der Waals surface area contributed by atoms with Crippen LogP contribution in [-0.4, -0.2) is 27.8 Å². The van der Waals surface area contributed by atoms with Crippen molar-refractivity contribution in [2.24, 2.45) is 0 Å². The number of nitrogens with one attached hydrogen (secondary N) is 1. The fourth-order valence-corrected chi connectivity index (χ4v) is 5.36. The molecule has 2 heterocycles. The summed E-state index contributed by atoms with van der Waals surface area (Å²) in [5, 5.41) is 0.904. The Morgan fingerprint density at radius 3 is 2.58 bits per heavy atom. The van der Waals surface area contributed by atoms with Crippen molar-refractivity contribution in [2.45, 2.75) is 41.5 Å². The van der Waals surface area contributed by atoms with Crippen LogP contribution in [0.4, 0.5) is 0 Å². The number of ether oxygens (including phenoxy) is 1. The number of H-pyrrole nitrogens is 1. The predicted octanol–water partition coefficient (Wildman–Crippen LogP) is 6.76. The lowest BCUT2D eigenvalue weighted by Crippen LogP contribution is -1.97. The molecule has 0 saturated heterocycles. The van der Waals surface area contributed by atoms with E-state index in [4.69, 9.17) is 4.74 Å². The molecule has 0 unspecified atom stereocenters. The number of aryl methyl sites for hydroxylation is 1. The minimum absolute atomic E-state index is 0.717. The quantitative estimate of drug-likeness (QED) is 0.202. The number of rotatable bonds is 11. The maximum Gasteiger partial charge on any atom is 0.166 e. The van der Waals surface area contributed by atoms with Crippen molar-refractivity contribution in [2.75, 3.05) is 12.9 Å². The van der Waals surface area contributed by atoms with Crippen molar-refractivity contribution < 1.29 is 4.74 Å². The van der Waals surface area contributed by atoms with Gasteiger partial charge in [0.25, 0.3) is 0 Å². The number of nitrogens with zero attached hydrogens (tertiary/aromatic N) is 2. The highest BCUT2D eigenvalue weighted by Crippen LogP contribution is 2.34. The van der Waals surface area contributed by atoms with Gasteiger partial charge in [-0.25, -0.2) is 4.98 Å². The number of aromatic amines is 1. The van der Waals surface area contributed by atoms with Gasteiger partial charge in [0.2, 0.25) is 0 Å². The van der Waals surface area contributed by atoms with Gasteiger partial charge in [-0.15, -0.1) is 11.8 Å². The standard InChI is InChI=1S/C25H27N3OS2/c1-29-24-22(18-31-25-27-20-13-7-8-14-21(20)28-25)26-16-15-23(24)30-17-9-3-6-12-19-10-4-2-5-11-19/h2,4-5,7-8,10-11,13-16H,3,6,9,12,17-18H2,1H3,(H,27,28). The molecule has 0 radical (unpaired) electrons. The maximum absolute atomic E-state index is 5.73. The van der Waals surface area contributed by atoms with Crippen molar-refractivity contribution in [1.29, 1.82) is 0 Å². The van der Waals surface area contributed by atoms with Gasteiger partial charge >= 0.3 is 0 Å². The Morgan fingerprint density at radius 1 is 0.903 bits per heavy atom. The zero-order valence-electron chi connectivity index (χ0n) is 17.7. The molecular weight excluding hydrogens is 422 g/mol. The Kier molecular flexibility index (Phi) is 7.91. The molecule has 4 aromatic rings. The van der Waals surface area contributed by atoms with Crippen LogP contribution < -0.4 is 4.74 Å². The molecule has 0 spiro atoms. The van der Waals surface area contributed by atoms with Crippen molar-refractivity contribution in [3.05, 3.63) is 78.1 Å². The number of imidazole rings is 1. The largest absolute Gasteiger partial charge is 0.494 e. The molecule has 4 nitrogen and oxygen atoms in total. The van der Waals surface area contributed by atoms with Gasteiger partial charge in [0.15, 0.2) is 10.9 Å². The summed E-state index contributed by atoms with van der Waals surface area (Å²) in [6.07, 6.45) is 6.72. The van der Waals surface area contributed by atoms with Crippen LogP contribution in [0.5, 0.6) is 5.75 Å². The fraction of sp³-hybridized carbons (Fsp3) is 0.280. The second kappa shape index (κ2) is 11.3. The lowest BCUT2D eigenvalue weighted by atomic mass is 10.1. The Morgan fingerprint density at radius 2 is 1.74 bits per heavy atom. The molecule has 160 valence electrons. The first-order valence-corrected chi connectivity index (χ1v) is 12.6. The number of hydrogen-bond donors (Lipinski definition) is 1. The van der Waals surface area contributed by atoms with Crippen molar-refractivity contribution in [1.82, 2.24) is 15.0 Å². The van der Waals surface area contributed by atoms with E-state index >= 15 is 0 Å². The lowest BCUT2D eigenvalue weighted by Gasteiger charge is -2.12. The lowest BCUT2D eigenvalue weighted by molar-refractivity contribution is 0.398. The molecule has 0 amide bonds. The molecule has 0 aliphatic rings. The van der Waals surface area contributed by atoms with Crippen LogP contribution in [-0.2, 0) is 12.2 Å². The highest BCUT2D eigenvalue weighted by molar-refractivity contribution is 7.99. The first kappa shape index (κ1) is 21.8. The van der Waals surface area contributed by atoms with E-state index in [1.807, 2.05) is 42.2 Å². The van der Waals surface area contributed by atoms with Gasteiger partial charge in [-0.1, -0.05) is 60.6 Å². The van der Waals surface area contributed by atoms with Gasteiger partial charge in [-0.3, -0.25) is 4.98 Å². The minimum atomic E-state index is 0.717. The van der Waals surface area contributed by atoms with Crippen LogP contribution in [0.25, 0.3) is 11.0 Å². The van der Waals surface area contributed by atoms with Crippen LogP contribution in [0.2, 0.25) is 0 Å². The second-order valence-corrected chi connectivity index (χ2v) is 9.38. The average molecular weight is 450 g/mol. The highest BCUT2D eigenvalue weighted by Gasteiger charge is 2.12. The number of benzene rings is 2. The first-order chi connectivity index (χ1) is 15.3. The topological polar surface area (TPSA) is 50.8 Å². The number of fused-ring (bicyclic) bond motifs is 1. The molecule has 0 saturated carbocycles. The van der Waals surface area contributed by atoms with Gasteiger partial charge in [0.1, 0.15) is 0 Å². The molecule has 0 fully saturated rings. The van der Waals surface area contributed by atoms with E-state index in [9.17, 15) is 0 Å². The van der Waals surface area contributed by atoms with Crippen LogP contribution in [0.1, 0.15) is 30.5 Å². The number of unbranched alkanes of at least 4 members (excludes halogenated alkanes) is 2. The van der Waals surface area contributed by atoms with Gasteiger partial charge in [0.05, 0.1) is 28.7 Å². The predicted molar refractivity (Wildman–Crippen MR) is 131 cm³/mol. The van der Waals surface area contributed by atoms with Gasteiger partial charge in [-0.2, -0.15) is 0 Å². The van der Waals surface area contributed by atoms with Crippen LogP contribution >= 0.6 is 23.5 Å². The van der Waals surface area contributed by atoms with Crippen LogP contribution in [0.15, 0.2) is 76.9 Å². The summed E-state index contributed by atoms with van der Waals surface area (Å²) < 4.78 is 5.73. The number of para-hydroxylation sites is 2. The van der Waals surface area contributed by atoms with Gasteiger partial charge < -0.3 is 9.72 Å². The third-order valence-electron chi connectivity index (χ3n) is 5.07. The normalized spacial score (nSPS) is 11.1. The molecule has 0 atom stereocenters. The van der Waals surface area contributed by atoms with E-state index in [1.54, 1.807) is 18.9 Å². The molecular formula is C25H27N3OS2. The zero-order chi connectivity index (χ0) is 21.3. The maximum atomic E-state index is 5.73. The van der Waals surface area contributed by atoms with E-state index in [2.05, 4.69) is 51.4 Å². The minimum Gasteiger partial charge on any atom is -0.494 e. The number of aromatic nitrogens is 3. The monoisotopic (exact) mass is 449 g/mol. The van der Waals surface area contributed by atoms with E-state index in [0.29, 0.717) is 5.75 Å². The fourth-order valence-electron chi connectivity index (χ4n) is 3.48. The summed E-state index contributed by atoms with van der Waals surface area (Å²) in [6.45, 7) is 0. The molecule has 0 bridgehead atoms. The number of pyridine rings is 1. The molecule has 0 aliphatic carbocycles. The third kappa shape index (κ3) is 6.05. The third-order valence-corrected chi connectivity index (χ3v) is 7.08. The molecule has 1 N–H and O–H groups in total. The Labute approximate surface area is 192 Å². The second-order valence-electron chi connectivity index (χ2n) is 7.28. The molecule has 2 aromatic heterocycles. The summed E-state index contributed by atoms with van der Waals surface area (Å²) in [5.74, 6) is 2.69.